The van der Waals surface area contributed by atoms with Gasteiger partial charge in [-0.2, -0.15) is 0 Å². The number of nitrogens with two attached hydrogens (primary N) is 1. The van der Waals surface area contributed by atoms with E-state index < -0.39 is 6.04 Å². The van der Waals surface area contributed by atoms with E-state index >= 15 is 0 Å². The van der Waals surface area contributed by atoms with E-state index in [1.54, 1.807) is 34.1 Å². The molecule has 5 nitrogen and oxygen atoms in total. The van der Waals surface area contributed by atoms with Crippen LogP contribution >= 0.6 is 24.0 Å². The van der Waals surface area contributed by atoms with Crippen molar-refractivity contribution in [3.05, 3.63) is 70.2 Å². The van der Waals surface area contributed by atoms with Crippen LogP contribution in [0.25, 0.3) is 0 Å². The van der Waals surface area contributed by atoms with Gasteiger partial charge in [-0.15, -0.1) is 12.4 Å². The van der Waals surface area contributed by atoms with Crippen molar-refractivity contribution >= 4 is 35.8 Å². The minimum Gasteiger partial charge on any atom is -0.339 e. The zero-order chi connectivity index (χ0) is 19.4. The van der Waals surface area contributed by atoms with Gasteiger partial charge in [0.1, 0.15) is 6.04 Å². The maximum Gasteiger partial charge on any atom is 0.253 e. The lowest BCUT2D eigenvalue weighted by Crippen LogP contribution is -2.41. The van der Waals surface area contributed by atoms with Crippen molar-refractivity contribution in [3.8, 4) is 0 Å². The van der Waals surface area contributed by atoms with Crippen molar-refractivity contribution in [2.24, 2.45) is 5.73 Å². The highest BCUT2D eigenvalue weighted by Gasteiger charge is 2.26. The molecular weight excluding hydrogens is 397 g/mol. The average molecular weight is 422 g/mol. The molecule has 1 aliphatic heterocycles. The molecular formula is C21H25Cl2N3O2. The van der Waals surface area contributed by atoms with E-state index in [4.69, 9.17) is 17.3 Å². The summed E-state index contributed by atoms with van der Waals surface area (Å²) in [6.07, 6.45) is 0.721. The van der Waals surface area contributed by atoms with Crippen LogP contribution in [0, 0.1) is 6.92 Å². The quantitative estimate of drug-likeness (QED) is 0.824. The van der Waals surface area contributed by atoms with E-state index in [-0.39, 0.29) is 24.2 Å². The van der Waals surface area contributed by atoms with Gasteiger partial charge in [0, 0.05) is 36.8 Å². The van der Waals surface area contributed by atoms with Gasteiger partial charge in [0.25, 0.3) is 5.91 Å². The van der Waals surface area contributed by atoms with Crippen molar-refractivity contribution in [3.63, 3.8) is 0 Å². The maximum absolute atomic E-state index is 12.8. The first-order chi connectivity index (χ1) is 13.0. The number of carbonyl (C=O) groups excluding carboxylic acids is 2. The van der Waals surface area contributed by atoms with Gasteiger partial charge in [-0.05, 0) is 37.1 Å². The topological polar surface area (TPSA) is 66.6 Å². The molecule has 0 radical (unpaired) electrons. The highest BCUT2D eigenvalue weighted by atomic mass is 35.5. The molecule has 1 heterocycles. The standard InChI is InChI=1S/C21H24ClN3O2.ClH/c1-15-6-8-16(9-7-15)19(23)21(27)25-11-3-10-24(12-13-25)20(26)17-4-2-5-18(22)14-17;/h2,4-9,14,19H,3,10-13,23H2,1H3;1H. The Hall–Kier alpha value is -2.08. The molecule has 2 amide bonds. The summed E-state index contributed by atoms with van der Waals surface area (Å²) in [6, 6.07) is 14.0. The zero-order valence-corrected chi connectivity index (χ0v) is 17.4. The highest BCUT2D eigenvalue weighted by Crippen LogP contribution is 2.17. The molecule has 1 atom stereocenters. The number of carbonyl (C=O) groups is 2. The lowest BCUT2D eigenvalue weighted by molar-refractivity contribution is -0.132. The van der Waals surface area contributed by atoms with Crippen LogP contribution in [-0.2, 0) is 4.79 Å². The Morgan fingerprint density at radius 2 is 1.64 bits per heavy atom. The third kappa shape index (κ3) is 5.25. The first kappa shape index (κ1) is 22.2. The molecule has 7 heteroatoms. The number of halogens is 2. The summed E-state index contributed by atoms with van der Waals surface area (Å²) in [7, 11) is 0. The van der Waals surface area contributed by atoms with Gasteiger partial charge >= 0.3 is 0 Å². The van der Waals surface area contributed by atoms with Gasteiger partial charge in [-0.3, -0.25) is 9.59 Å². The molecule has 3 rings (SSSR count). The van der Waals surface area contributed by atoms with Gasteiger partial charge in [-0.1, -0.05) is 47.5 Å². The fraction of sp³-hybridized carbons (Fsp3) is 0.333. The Bertz CT molecular complexity index is 827. The van der Waals surface area contributed by atoms with Gasteiger partial charge in [0.2, 0.25) is 5.91 Å². The zero-order valence-electron chi connectivity index (χ0n) is 15.8. The van der Waals surface area contributed by atoms with E-state index in [0.717, 1.165) is 17.5 Å². The second-order valence-corrected chi connectivity index (χ2v) is 7.31. The summed E-state index contributed by atoms with van der Waals surface area (Å²) < 4.78 is 0. The minimum atomic E-state index is -0.680. The van der Waals surface area contributed by atoms with Gasteiger partial charge in [-0.25, -0.2) is 0 Å². The molecule has 1 unspecified atom stereocenters. The highest BCUT2D eigenvalue weighted by molar-refractivity contribution is 6.30. The Balaban J connectivity index is 0.00000280. The van der Waals surface area contributed by atoms with Crippen LogP contribution in [0.4, 0.5) is 0 Å². The van der Waals surface area contributed by atoms with Crippen LogP contribution in [0.5, 0.6) is 0 Å². The number of benzene rings is 2. The molecule has 2 aromatic rings. The second kappa shape index (κ2) is 9.92. The molecule has 1 saturated heterocycles. The van der Waals surface area contributed by atoms with Crippen molar-refractivity contribution in [1.29, 1.82) is 0 Å². The number of nitrogens with zero attached hydrogens (tertiary/aromatic N) is 2. The molecule has 2 N–H and O–H groups in total. The molecule has 0 aromatic heterocycles. The summed E-state index contributed by atoms with van der Waals surface area (Å²) in [5.41, 5.74) is 8.69. The molecule has 150 valence electrons. The third-order valence-corrected chi connectivity index (χ3v) is 5.10. The van der Waals surface area contributed by atoms with Gasteiger partial charge in [0.05, 0.1) is 0 Å². The SMILES string of the molecule is Cc1ccc(C(N)C(=O)N2CCCN(C(=O)c3cccc(Cl)c3)CC2)cc1.Cl. The van der Waals surface area contributed by atoms with Crippen LogP contribution in [-0.4, -0.2) is 47.8 Å². The lowest BCUT2D eigenvalue weighted by Gasteiger charge is -2.25. The number of hydrogen-bond donors (Lipinski definition) is 1. The predicted octanol–water partition coefficient (Wildman–Crippen LogP) is 3.44. The smallest absolute Gasteiger partial charge is 0.253 e. The van der Waals surface area contributed by atoms with E-state index in [9.17, 15) is 9.59 Å². The van der Waals surface area contributed by atoms with Gasteiger partial charge < -0.3 is 15.5 Å². The molecule has 0 spiro atoms. The number of aryl methyl sites for hydroxylation is 1. The maximum atomic E-state index is 12.8. The Morgan fingerprint density at radius 1 is 1.00 bits per heavy atom. The lowest BCUT2D eigenvalue weighted by atomic mass is 10.0. The molecule has 28 heavy (non-hydrogen) atoms. The van der Waals surface area contributed by atoms with E-state index in [1.165, 1.54) is 0 Å². The Kier molecular flexibility index (Phi) is 7.87. The summed E-state index contributed by atoms with van der Waals surface area (Å²) in [6.45, 7) is 4.16. The van der Waals surface area contributed by atoms with Crippen molar-refractivity contribution in [2.75, 3.05) is 26.2 Å². The second-order valence-electron chi connectivity index (χ2n) is 6.87. The summed E-state index contributed by atoms with van der Waals surface area (Å²) >= 11 is 5.99. The molecule has 2 aromatic carbocycles. The average Bonchev–Trinajstić information content (AvgIpc) is 2.93. The fourth-order valence-electron chi connectivity index (χ4n) is 3.26. The normalized spacial score (nSPS) is 15.4. The molecule has 0 bridgehead atoms. The molecule has 1 aliphatic rings. The van der Waals surface area contributed by atoms with E-state index in [2.05, 4.69) is 0 Å². The van der Waals surface area contributed by atoms with Crippen molar-refractivity contribution in [2.45, 2.75) is 19.4 Å². The van der Waals surface area contributed by atoms with Gasteiger partial charge in [0.15, 0.2) is 0 Å². The molecule has 1 fully saturated rings. The van der Waals surface area contributed by atoms with E-state index in [0.29, 0.717) is 36.8 Å². The number of amides is 2. The Morgan fingerprint density at radius 3 is 2.32 bits per heavy atom. The first-order valence-electron chi connectivity index (χ1n) is 9.11. The molecule has 0 aliphatic carbocycles. The predicted molar refractivity (Wildman–Crippen MR) is 114 cm³/mol. The number of rotatable bonds is 3. The van der Waals surface area contributed by atoms with Crippen LogP contribution in [0.3, 0.4) is 0 Å². The van der Waals surface area contributed by atoms with Crippen LogP contribution in [0.2, 0.25) is 5.02 Å². The molecule has 0 saturated carbocycles. The van der Waals surface area contributed by atoms with Crippen LogP contribution in [0.1, 0.15) is 33.9 Å². The third-order valence-electron chi connectivity index (χ3n) is 4.87. The largest absolute Gasteiger partial charge is 0.339 e. The van der Waals surface area contributed by atoms with Crippen molar-refractivity contribution in [1.82, 2.24) is 9.80 Å². The fourth-order valence-corrected chi connectivity index (χ4v) is 3.45. The van der Waals surface area contributed by atoms with E-state index in [1.807, 2.05) is 31.2 Å². The summed E-state index contributed by atoms with van der Waals surface area (Å²) in [4.78, 5) is 29.0. The van der Waals surface area contributed by atoms with Crippen molar-refractivity contribution < 1.29 is 9.59 Å². The summed E-state index contributed by atoms with van der Waals surface area (Å²) in [5.74, 6) is -0.162. The minimum absolute atomic E-state index is 0. The number of hydrogen-bond acceptors (Lipinski definition) is 3. The van der Waals surface area contributed by atoms with Crippen LogP contribution < -0.4 is 5.73 Å². The summed E-state index contributed by atoms with van der Waals surface area (Å²) in [5, 5.41) is 0.538. The van der Waals surface area contributed by atoms with Crippen LogP contribution in [0.15, 0.2) is 48.5 Å². The Labute approximate surface area is 176 Å². The monoisotopic (exact) mass is 421 g/mol. The first-order valence-corrected chi connectivity index (χ1v) is 9.49.